The molecule has 1 aromatic heterocycles. The van der Waals surface area contributed by atoms with Crippen molar-refractivity contribution in [2.45, 2.75) is 38.8 Å². The zero-order valence-electron chi connectivity index (χ0n) is 11.4. The second kappa shape index (κ2) is 6.28. The van der Waals surface area contributed by atoms with Crippen LogP contribution >= 0.6 is 0 Å². The van der Waals surface area contributed by atoms with Crippen molar-refractivity contribution >= 4 is 11.6 Å². The Bertz CT molecular complexity index is 444. The third kappa shape index (κ3) is 4.54. The van der Waals surface area contributed by atoms with E-state index in [-0.39, 0.29) is 11.6 Å². The van der Waals surface area contributed by atoms with Crippen molar-refractivity contribution in [1.82, 2.24) is 9.97 Å². The summed E-state index contributed by atoms with van der Waals surface area (Å²) < 4.78 is 38.2. The minimum Gasteiger partial charge on any atom is -0.370 e. The molecule has 1 aliphatic rings. The molecule has 0 aliphatic heterocycles. The van der Waals surface area contributed by atoms with Crippen LogP contribution in [0.15, 0.2) is 6.07 Å². The SMILES string of the molecule is CCCNc1cc(NCCC2CC2)nc(C(F)(F)F)n1. The number of alkyl halides is 3. The first-order valence-electron chi connectivity index (χ1n) is 6.93. The van der Waals surface area contributed by atoms with Crippen molar-refractivity contribution in [2.24, 2.45) is 5.92 Å². The molecule has 0 radical (unpaired) electrons. The van der Waals surface area contributed by atoms with Gasteiger partial charge in [-0.3, -0.25) is 0 Å². The molecule has 4 nitrogen and oxygen atoms in total. The normalized spacial score (nSPS) is 15.2. The van der Waals surface area contributed by atoms with Crippen molar-refractivity contribution in [1.29, 1.82) is 0 Å². The highest BCUT2D eigenvalue weighted by Gasteiger charge is 2.35. The largest absolute Gasteiger partial charge is 0.451 e. The average Bonchev–Trinajstić information content (AvgIpc) is 3.19. The summed E-state index contributed by atoms with van der Waals surface area (Å²) in [5.74, 6) is 0.0614. The number of rotatable bonds is 7. The van der Waals surface area contributed by atoms with E-state index in [1.54, 1.807) is 0 Å². The number of nitrogens with zero attached hydrogens (tertiary/aromatic N) is 2. The summed E-state index contributed by atoms with van der Waals surface area (Å²) in [6, 6.07) is 1.53. The summed E-state index contributed by atoms with van der Waals surface area (Å²) in [5, 5.41) is 5.82. The van der Waals surface area contributed by atoms with E-state index in [0.29, 0.717) is 13.1 Å². The Kier molecular flexibility index (Phi) is 4.67. The van der Waals surface area contributed by atoms with Crippen LogP contribution in [0.25, 0.3) is 0 Å². The summed E-state index contributed by atoms with van der Waals surface area (Å²) in [6.07, 6.45) is -0.291. The van der Waals surface area contributed by atoms with Gasteiger partial charge in [-0.05, 0) is 18.8 Å². The quantitative estimate of drug-likeness (QED) is 0.806. The average molecular weight is 288 g/mol. The first-order chi connectivity index (χ1) is 9.49. The van der Waals surface area contributed by atoms with Crippen LogP contribution in [0.2, 0.25) is 0 Å². The van der Waals surface area contributed by atoms with E-state index in [1.165, 1.54) is 18.9 Å². The highest BCUT2D eigenvalue weighted by molar-refractivity contribution is 5.47. The second-order valence-electron chi connectivity index (χ2n) is 5.05. The van der Waals surface area contributed by atoms with Gasteiger partial charge in [0.2, 0.25) is 5.82 Å². The first-order valence-corrected chi connectivity index (χ1v) is 6.93. The lowest BCUT2D eigenvalue weighted by Crippen LogP contribution is -2.16. The molecule has 1 aromatic rings. The molecular formula is C13H19F3N4. The summed E-state index contributed by atoms with van der Waals surface area (Å²) in [6.45, 7) is 3.16. The third-order valence-corrected chi connectivity index (χ3v) is 3.09. The van der Waals surface area contributed by atoms with Gasteiger partial charge < -0.3 is 10.6 Å². The number of hydrogen-bond donors (Lipinski definition) is 2. The van der Waals surface area contributed by atoms with Crippen molar-refractivity contribution < 1.29 is 13.2 Å². The molecular weight excluding hydrogens is 269 g/mol. The van der Waals surface area contributed by atoms with Crippen molar-refractivity contribution in [3.8, 4) is 0 Å². The molecule has 2 rings (SSSR count). The summed E-state index contributed by atoms with van der Waals surface area (Å²) in [4.78, 5) is 7.05. The van der Waals surface area contributed by atoms with Gasteiger partial charge in [0.1, 0.15) is 11.6 Å². The zero-order chi connectivity index (χ0) is 14.6. The lowest BCUT2D eigenvalue weighted by molar-refractivity contribution is -0.144. The molecule has 0 unspecified atom stereocenters. The van der Waals surface area contributed by atoms with Crippen LogP contribution in [0.5, 0.6) is 0 Å². The Balaban J connectivity index is 2.06. The number of nitrogens with one attached hydrogen (secondary N) is 2. The minimum atomic E-state index is -4.53. The van der Waals surface area contributed by atoms with E-state index in [1.807, 2.05) is 6.92 Å². The lowest BCUT2D eigenvalue weighted by Gasteiger charge is -2.12. The van der Waals surface area contributed by atoms with E-state index in [2.05, 4.69) is 20.6 Å². The van der Waals surface area contributed by atoms with Crippen molar-refractivity contribution in [3.63, 3.8) is 0 Å². The fraction of sp³-hybridized carbons (Fsp3) is 0.692. The summed E-state index contributed by atoms with van der Waals surface area (Å²) in [5.41, 5.74) is 0. The van der Waals surface area contributed by atoms with E-state index in [0.717, 1.165) is 18.8 Å². The predicted molar refractivity (Wildman–Crippen MR) is 71.6 cm³/mol. The van der Waals surface area contributed by atoms with E-state index in [9.17, 15) is 13.2 Å². The molecule has 0 atom stereocenters. The maximum atomic E-state index is 12.7. The van der Waals surface area contributed by atoms with Crippen LogP contribution in [-0.2, 0) is 6.18 Å². The Labute approximate surface area is 116 Å². The highest BCUT2D eigenvalue weighted by atomic mass is 19.4. The summed E-state index contributed by atoms with van der Waals surface area (Å²) in [7, 11) is 0. The van der Waals surface area contributed by atoms with E-state index in [4.69, 9.17) is 0 Å². The van der Waals surface area contributed by atoms with Gasteiger partial charge in [-0.15, -0.1) is 0 Å². The van der Waals surface area contributed by atoms with Gasteiger partial charge in [0.15, 0.2) is 0 Å². The van der Waals surface area contributed by atoms with Crippen LogP contribution in [0.4, 0.5) is 24.8 Å². The van der Waals surface area contributed by atoms with Gasteiger partial charge in [-0.2, -0.15) is 13.2 Å². The van der Waals surface area contributed by atoms with E-state index < -0.39 is 12.0 Å². The highest BCUT2D eigenvalue weighted by Crippen LogP contribution is 2.32. The van der Waals surface area contributed by atoms with Crippen LogP contribution in [-0.4, -0.2) is 23.1 Å². The molecule has 112 valence electrons. The second-order valence-corrected chi connectivity index (χ2v) is 5.05. The maximum absolute atomic E-state index is 12.7. The fourth-order valence-corrected chi connectivity index (χ4v) is 1.82. The Morgan fingerprint density at radius 3 is 2.25 bits per heavy atom. The molecule has 0 spiro atoms. The van der Waals surface area contributed by atoms with Gasteiger partial charge in [0.25, 0.3) is 0 Å². The molecule has 1 heterocycles. The number of hydrogen-bond acceptors (Lipinski definition) is 4. The van der Waals surface area contributed by atoms with E-state index >= 15 is 0 Å². The van der Waals surface area contributed by atoms with Crippen LogP contribution in [0.3, 0.4) is 0 Å². The molecule has 1 aliphatic carbocycles. The lowest BCUT2D eigenvalue weighted by atomic mass is 10.3. The van der Waals surface area contributed by atoms with Crippen LogP contribution in [0, 0.1) is 5.92 Å². The predicted octanol–water partition coefficient (Wildman–Crippen LogP) is 3.53. The van der Waals surface area contributed by atoms with Gasteiger partial charge >= 0.3 is 6.18 Å². The molecule has 0 bridgehead atoms. The Hall–Kier alpha value is -1.53. The molecule has 2 N–H and O–H groups in total. The first kappa shape index (κ1) is 14.9. The number of halogens is 3. The molecule has 0 saturated heterocycles. The number of aromatic nitrogens is 2. The molecule has 0 aromatic carbocycles. The van der Waals surface area contributed by atoms with Crippen molar-refractivity contribution in [2.75, 3.05) is 23.7 Å². The zero-order valence-corrected chi connectivity index (χ0v) is 11.4. The van der Waals surface area contributed by atoms with Gasteiger partial charge in [-0.1, -0.05) is 19.8 Å². The monoisotopic (exact) mass is 288 g/mol. The number of anilines is 2. The summed E-state index contributed by atoms with van der Waals surface area (Å²) >= 11 is 0. The van der Waals surface area contributed by atoms with Gasteiger partial charge in [-0.25, -0.2) is 9.97 Å². The maximum Gasteiger partial charge on any atom is 0.451 e. The smallest absolute Gasteiger partial charge is 0.370 e. The van der Waals surface area contributed by atoms with Crippen LogP contribution < -0.4 is 10.6 Å². The van der Waals surface area contributed by atoms with Crippen molar-refractivity contribution in [3.05, 3.63) is 11.9 Å². The molecule has 20 heavy (non-hydrogen) atoms. The fourth-order valence-electron chi connectivity index (χ4n) is 1.82. The molecule has 7 heteroatoms. The Morgan fingerprint density at radius 2 is 1.75 bits per heavy atom. The van der Waals surface area contributed by atoms with Crippen LogP contribution in [0.1, 0.15) is 38.4 Å². The molecule has 1 fully saturated rings. The standard InChI is InChI=1S/C13H19F3N4/c1-2-6-17-10-8-11(18-7-5-9-3-4-9)20-12(19-10)13(14,15)16/h8-9H,2-7H2,1H3,(H2,17,18,19,20). The topological polar surface area (TPSA) is 49.8 Å². The molecule has 1 saturated carbocycles. The Morgan fingerprint density at radius 1 is 1.15 bits per heavy atom. The molecule has 0 amide bonds. The van der Waals surface area contributed by atoms with Gasteiger partial charge in [0, 0.05) is 19.2 Å². The van der Waals surface area contributed by atoms with Gasteiger partial charge in [0.05, 0.1) is 0 Å². The minimum absolute atomic E-state index is 0.211. The third-order valence-electron chi connectivity index (χ3n) is 3.09.